The number of methoxy groups -OCH3 is 1. The molecule has 6 heteroatoms. The Labute approximate surface area is 147 Å². The van der Waals surface area contributed by atoms with Crippen LogP contribution in [0.2, 0.25) is 0 Å². The molecule has 0 fully saturated rings. The summed E-state index contributed by atoms with van der Waals surface area (Å²) >= 11 is 0. The monoisotopic (exact) mass is 357 g/mol. The Morgan fingerprint density at radius 3 is 2.24 bits per heavy atom. The van der Waals surface area contributed by atoms with E-state index in [1.165, 1.54) is 6.26 Å². The van der Waals surface area contributed by atoms with Crippen molar-refractivity contribution >= 4 is 10.0 Å². The average Bonchev–Trinajstić information content (AvgIpc) is 3.15. The molecule has 0 radical (unpaired) electrons. The SMILES string of the molecule is COc1ccc([C@@H](NS(=O)(=O)c2ccc(C)cc2)c2ccco2)cc1. The number of nitrogens with one attached hydrogen (secondary N) is 1. The van der Waals surface area contributed by atoms with Gasteiger partial charge in [0.05, 0.1) is 18.3 Å². The molecule has 130 valence electrons. The van der Waals surface area contributed by atoms with E-state index in [-0.39, 0.29) is 4.90 Å². The number of furan rings is 1. The van der Waals surface area contributed by atoms with Crippen molar-refractivity contribution < 1.29 is 17.6 Å². The van der Waals surface area contributed by atoms with Crippen molar-refractivity contribution in [1.29, 1.82) is 0 Å². The summed E-state index contributed by atoms with van der Waals surface area (Å²) in [5.74, 6) is 1.21. The Bertz CT molecular complexity index is 915. The van der Waals surface area contributed by atoms with E-state index in [0.717, 1.165) is 11.1 Å². The molecule has 2 aromatic carbocycles. The van der Waals surface area contributed by atoms with Crippen molar-refractivity contribution in [3.63, 3.8) is 0 Å². The van der Waals surface area contributed by atoms with Crippen LogP contribution in [0, 0.1) is 6.92 Å². The van der Waals surface area contributed by atoms with Gasteiger partial charge < -0.3 is 9.15 Å². The molecular weight excluding hydrogens is 338 g/mol. The van der Waals surface area contributed by atoms with Crippen LogP contribution in [0.25, 0.3) is 0 Å². The smallest absolute Gasteiger partial charge is 0.241 e. The molecule has 3 rings (SSSR count). The van der Waals surface area contributed by atoms with Gasteiger partial charge in [-0.1, -0.05) is 29.8 Å². The van der Waals surface area contributed by atoms with Crippen LogP contribution in [0.5, 0.6) is 5.75 Å². The second kappa shape index (κ2) is 7.13. The van der Waals surface area contributed by atoms with Crippen LogP contribution in [0.4, 0.5) is 0 Å². The molecule has 5 nitrogen and oxygen atoms in total. The number of aryl methyl sites for hydroxylation is 1. The molecule has 0 saturated carbocycles. The van der Waals surface area contributed by atoms with E-state index in [4.69, 9.17) is 9.15 Å². The van der Waals surface area contributed by atoms with E-state index < -0.39 is 16.1 Å². The minimum atomic E-state index is -3.71. The summed E-state index contributed by atoms with van der Waals surface area (Å²) < 4.78 is 38.9. The maximum absolute atomic E-state index is 12.8. The first-order valence-electron chi connectivity index (χ1n) is 7.76. The van der Waals surface area contributed by atoms with Gasteiger partial charge in [-0.15, -0.1) is 0 Å². The van der Waals surface area contributed by atoms with Gasteiger partial charge >= 0.3 is 0 Å². The Hall–Kier alpha value is -2.57. The molecule has 0 amide bonds. The maximum atomic E-state index is 12.8. The van der Waals surface area contributed by atoms with Gasteiger partial charge in [0, 0.05) is 0 Å². The molecule has 0 spiro atoms. The van der Waals surface area contributed by atoms with Crippen LogP contribution >= 0.6 is 0 Å². The fraction of sp³-hybridized carbons (Fsp3) is 0.158. The molecule has 1 aromatic heterocycles. The fourth-order valence-corrected chi connectivity index (χ4v) is 3.68. The molecule has 0 aliphatic heterocycles. The van der Waals surface area contributed by atoms with E-state index in [0.29, 0.717) is 11.5 Å². The van der Waals surface area contributed by atoms with Crippen LogP contribution in [0.3, 0.4) is 0 Å². The van der Waals surface area contributed by atoms with Crippen LogP contribution in [0.15, 0.2) is 76.2 Å². The maximum Gasteiger partial charge on any atom is 0.241 e. The molecule has 0 unspecified atom stereocenters. The van der Waals surface area contributed by atoms with Crippen LogP contribution in [-0.4, -0.2) is 15.5 Å². The number of rotatable bonds is 6. The lowest BCUT2D eigenvalue weighted by Crippen LogP contribution is -2.29. The van der Waals surface area contributed by atoms with Crippen LogP contribution in [0.1, 0.15) is 22.9 Å². The number of hydrogen-bond acceptors (Lipinski definition) is 4. The van der Waals surface area contributed by atoms with Crippen LogP contribution in [-0.2, 0) is 10.0 Å². The molecule has 25 heavy (non-hydrogen) atoms. The van der Waals surface area contributed by atoms with Crippen molar-refractivity contribution in [3.8, 4) is 5.75 Å². The van der Waals surface area contributed by atoms with E-state index in [9.17, 15) is 8.42 Å². The quantitative estimate of drug-likeness (QED) is 0.731. The first kappa shape index (κ1) is 17.3. The van der Waals surface area contributed by atoms with E-state index in [1.807, 2.05) is 19.1 Å². The lowest BCUT2D eigenvalue weighted by molar-refractivity contribution is 0.414. The van der Waals surface area contributed by atoms with Gasteiger partial charge in [-0.05, 0) is 48.9 Å². The van der Waals surface area contributed by atoms with Gasteiger partial charge in [-0.3, -0.25) is 0 Å². The minimum Gasteiger partial charge on any atom is -0.497 e. The summed E-state index contributed by atoms with van der Waals surface area (Å²) in [7, 11) is -2.12. The average molecular weight is 357 g/mol. The largest absolute Gasteiger partial charge is 0.497 e. The second-order valence-corrected chi connectivity index (χ2v) is 7.37. The molecule has 0 aliphatic carbocycles. The highest BCUT2D eigenvalue weighted by Gasteiger charge is 2.24. The predicted molar refractivity (Wildman–Crippen MR) is 95.0 cm³/mol. The summed E-state index contributed by atoms with van der Waals surface area (Å²) in [6.45, 7) is 1.91. The number of sulfonamides is 1. The topological polar surface area (TPSA) is 68.5 Å². The lowest BCUT2D eigenvalue weighted by Gasteiger charge is -2.18. The van der Waals surface area contributed by atoms with Crippen molar-refractivity contribution in [2.45, 2.75) is 17.9 Å². The zero-order valence-corrected chi connectivity index (χ0v) is 14.8. The highest BCUT2D eigenvalue weighted by atomic mass is 32.2. The van der Waals surface area contributed by atoms with Crippen molar-refractivity contribution in [3.05, 3.63) is 83.8 Å². The van der Waals surface area contributed by atoms with Crippen LogP contribution < -0.4 is 9.46 Å². The molecule has 0 aliphatic rings. The Balaban J connectivity index is 1.96. The third-order valence-corrected chi connectivity index (χ3v) is 5.32. The molecule has 1 atom stereocenters. The molecule has 1 heterocycles. The van der Waals surface area contributed by atoms with E-state index >= 15 is 0 Å². The Morgan fingerprint density at radius 2 is 1.68 bits per heavy atom. The van der Waals surface area contributed by atoms with Crippen molar-refractivity contribution in [1.82, 2.24) is 4.72 Å². The lowest BCUT2D eigenvalue weighted by atomic mass is 10.1. The fourth-order valence-electron chi connectivity index (χ4n) is 2.48. The van der Waals surface area contributed by atoms with Crippen molar-refractivity contribution in [2.75, 3.05) is 7.11 Å². The van der Waals surface area contributed by atoms with Gasteiger partial charge in [0.25, 0.3) is 0 Å². The highest BCUT2D eigenvalue weighted by Crippen LogP contribution is 2.26. The van der Waals surface area contributed by atoms with Gasteiger partial charge in [-0.25, -0.2) is 8.42 Å². The summed E-state index contributed by atoms with van der Waals surface area (Å²) in [6, 6.07) is 16.7. The minimum absolute atomic E-state index is 0.211. The standard InChI is InChI=1S/C19H19NO4S/c1-14-5-11-17(12-6-14)25(21,22)20-19(18-4-3-13-24-18)15-7-9-16(23-2)10-8-15/h3-13,19-20H,1-2H3/t19-/m1/s1. The van der Waals surface area contributed by atoms with Gasteiger partial charge in [0.2, 0.25) is 10.0 Å². The second-order valence-electron chi connectivity index (χ2n) is 5.66. The summed E-state index contributed by atoms with van der Waals surface area (Å²) in [4.78, 5) is 0.211. The first-order valence-corrected chi connectivity index (χ1v) is 9.24. The molecule has 3 aromatic rings. The Morgan fingerprint density at radius 1 is 1.00 bits per heavy atom. The van der Waals surface area contributed by atoms with Gasteiger partial charge in [-0.2, -0.15) is 4.72 Å². The number of hydrogen-bond donors (Lipinski definition) is 1. The molecular formula is C19H19NO4S. The first-order chi connectivity index (χ1) is 12.0. The molecule has 1 N–H and O–H groups in total. The Kier molecular flexibility index (Phi) is 4.92. The third-order valence-electron chi connectivity index (χ3n) is 3.88. The van der Waals surface area contributed by atoms with E-state index in [1.54, 1.807) is 55.6 Å². The number of benzene rings is 2. The van der Waals surface area contributed by atoms with E-state index in [2.05, 4.69) is 4.72 Å². The summed E-state index contributed by atoms with van der Waals surface area (Å²) in [5, 5.41) is 0. The van der Waals surface area contributed by atoms with Gasteiger partial charge in [0.1, 0.15) is 17.6 Å². The third kappa shape index (κ3) is 3.92. The summed E-state index contributed by atoms with van der Waals surface area (Å²) in [5.41, 5.74) is 1.75. The number of ether oxygens (including phenoxy) is 1. The van der Waals surface area contributed by atoms with Crippen molar-refractivity contribution in [2.24, 2.45) is 0 Å². The zero-order valence-electron chi connectivity index (χ0n) is 14.0. The molecule has 0 bridgehead atoms. The zero-order chi connectivity index (χ0) is 17.9. The summed E-state index contributed by atoms with van der Waals surface area (Å²) in [6.07, 6.45) is 1.52. The highest BCUT2D eigenvalue weighted by molar-refractivity contribution is 7.89. The molecule has 0 saturated heterocycles. The van der Waals surface area contributed by atoms with Gasteiger partial charge in [0.15, 0.2) is 0 Å². The predicted octanol–water partition coefficient (Wildman–Crippen LogP) is 3.66. The normalized spacial score (nSPS) is 12.7.